The van der Waals surface area contributed by atoms with E-state index in [0.29, 0.717) is 18.0 Å². The van der Waals surface area contributed by atoms with Gasteiger partial charge in [-0.05, 0) is 49.2 Å². The zero-order valence-electron chi connectivity index (χ0n) is 16.9. The van der Waals surface area contributed by atoms with Gasteiger partial charge in [0.1, 0.15) is 5.01 Å². The minimum Gasteiger partial charge on any atom is -0.493 e. The number of hydrogen-bond acceptors (Lipinski definition) is 6. The largest absolute Gasteiger partial charge is 0.493 e. The van der Waals surface area contributed by atoms with Crippen LogP contribution < -0.4 is 13.8 Å². The maximum Gasteiger partial charge on any atom is 0.234 e. The van der Waals surface area contributed by atoms with Gasteiger partial charge in [-0.1, -0.05) is 6.07 Å². The van der Waals surface area contributed by atoms with Crippen molar-refractivity contribution < 1.29 is 17.9 Å². The first-order chi connectivity index (χ1) is 14.0. The van der Waals surface area contributed by atoms with E-state index in [2.05, 4.69) is 0 Å². The number of hydrogen-bond donors (Lipinski definition) is 0. The molecule has 1 aliphatic heterocycles. The first-order valence-electron chi connectivity index (χ1n) is 9.28. The number of anilines is 1. The lowest BCUT2D eigenvalue weighted by molar-refractivity contribution is 0.355. The predicted molar refractivity (Wildman–Crippen MR) is 124 cm³/mol. The first-order valence-corrected chi connectivity index (χ1v) is 11.8. The molecule has 0 spiro atoms. The van der Waals surface area contributed by atoms with Crippen molar-refractivity contribution in [1.29, 1.82) is 0 Å². The van der Waals surface area contributed by atoms with Gasteiger partial charge in [-0.25, -0.2) is 13.4 Å². The molecule has 3 aromatic rings. The number of rotatable bonds is 6. The van der Waals surface area contributed by atoms with E-state index in [-0.39, 0.29) is 18.2 Å². The van der Waals surface area contributed by atoms with Crippen LogP contribution in [0.1, 0.15) is 12.5 Å². The van der Waals surface area contributed by atoms with Crippen LogP contribution in [0.25, 0.3) is 21.8 Å². The van der Waals surface area contributed by atoms with E-state index in [4.69, 9.17) is 14.5 Å². The Morgan fingerprint density at radius 3 is 2.50 bits per heavy atom. The van der Waals surface area contributed by atoms with Gasteiger partial charge >= 0.3 is 0 Å². The lowest BCUT2D eigenvalue weighted by Gasteiger charge is -2.18. The second-order valence-corrected chi connectivity index (χ2v) is 9.71. The molecule has 0 saturated heterocycles. The molecule has 0 unspecified atom stereocenters. The molecule has 9 heteroatoms. The van der Waals surface area contributed by atoms with Gasteiger partial charge in [-0.15, -0.1) is 23.7 Å². The summed E-state index contributed by atoms with van der Waals surface area (Å²) in [6.45, 7) is 2.18. The second-order valence-electron chi connectivity index (χ2n) is 6.67. The quantitative estimate of drug-likeness (QED) is 0.529. The fourth-order valence-electron chi connectivity index (χ4n) is 3.48. The molecule has 2 heterocycles. The fourth-order valence-corrected chi connectivity index (χ4v) is 5.47. The molecule has 6 nitrogen and oxygen atoms in total. The van der Waals surface area contributed by atoms with Crippen molar-refractivity contribution in [2.45, 2.75) is 13.3 Å². The van der Waals surface area contributed by atoms with E-state index in [1.807, 2.05) is 41.8 Å². The van der Waals surface area contributed by atoms with Gasteiger partial charge in [0.05, 0.1) is 31.4 Å². The summed E-state index contributed by atoms with van der Waals surface area (Å²) in [4.78, 5) is 4.78. The summed E-state index contributed by atoms with van der Waals surface area (Å²) < 4.78 is 36.7. The molecule has 1 aliphatic rings. The molecule has 0 radical (unpaired) electrons. The molecule has 0 bridgehead atoms. The summed E-state index contributed by atoms with van der Waals surface area (Å²) in [7, 11) is -0.0120. The van der Waals surface area contributed by atoms with Crippen LogP contribution in [0.15, 0.2) is 41.8 Å². The summed E-state index contributed by atoms with van der Waals surface area (Å²) in [5.74, 6) is 1.45. The number of halogens is 1. The van der Waals surface area contributed by atoms with Crippen molar-refractivity contribution in [2.24, 2.45) is 0 Å². The van der Waals surface area contributed by atoms with E-state index in [0.717, 1.165) is 39.5 Å². The van der Waals surface area contributed by atoms with E-state index < -0.39 is 10.0 Å². The molecule has 0 amide bonds. The average molecular weight is 467 g/mol. The van der Waals surface area contributed by atoms with Crippen molar-refractivity contribution in [3.63, 3.8) is 0 Å². The third kappa shape index (κ3) is 3.99. The minimum absolute atomic E-state index is 0. The Bertz CT molecular complexity index is 1160. The third-order valence-corrected chi connectivity index (χ3v) is 7.74. The summed E-state index contributed by atoms with van der Waals surface area (Å²) in [6.07, 6.45) is 0.717. The molecule has 0 saturated carbocycles. The van der Waals surface area contributed by atoms with Crippen LogP contribution in [0.3, 0.4) is 0 Å². The van der Waals surface area contributed by atoms with Crippen LogP contribution in [0.5, 0.6) is 11.5 Å². The SMILES string of the molecule is CCS(=O)(=O)N1CCc2cc(-c3csc(-c4ccc(OC)c(OC)c4)n3)ccc21.Cl. The van der Waals surface area contributed by atoms with Gasteiger partial charge in [0.2, 0.25) is 10.0 Å². The monoisotopic (exact) mass is 466 g/mol. The van der Waals surface area contributed by atoms with Gasteiger partial charge in [0, 0.05) is 23.1 Å². The smallest absolute Gasteiger partial charge is 0.234 e. The van der Waals surface area contributed by atoms with Gasteiger partial charge < -0.3 is 9.47 Å². The fraction of sp³-hybridized carbons (Fsp3) is 0.286. The van der Waals surface area contributed by atoms with E-state index in [1.54, 1.807) is 32.5 Å². The highest BCUT2D eigenvalue weighted by Crippen LogP contribution is 2.37. The van der Waals surface area contributed by atoms with E-state index in [9.17, 15) is 8.42 Å². The van der Waals surface area contributed by atoms with Gasteiger partial charge in [-0.2, -0.15) is 0 Å². The van der Waals surface area contributed by atoms with Crippen LogP contribution in [0.2, 0.25) is 0 Å². The Morgan fingerprint density at radius 2 is 1.80 bits per heavy atom. The van der Waals surface area contributed by atoms with Gasteiger partial charge in [-0.3, -0.25) is 4.31 Å². The predicted octanol–water partition coefficient (Wildman–Crippen LogP) is 4.63. The Kier molecular flexibility index (Phi) is 6.59. The zero-order valence-corrected chi connectivity index (χ0v) is 19.4. The Hall–Kier alpha value is -2.29. The summed E-state index contributed by atoms with van der Waals surface area (Å²) in [5, 5.41) is 2.90. The molecule has 0 N–H and O–H groups in total. The average Bonchev–Trinajstić information content (AvgIpc) is 3.40. The number of fused-ring (bicyclic) bond motifs is 1. The van der Waals surface area contributed by atoms with Crippen molar-refractivity contribution in [3.05, 3.63) is 47.3 Å². The Morgan fingerprint density at radius 1 is 1.07 bits per heavy atom. The topological polar surface area (TPSA) is 68.7 Å². The minimum atomic E-state index is -3.24. The molecular formula is C21H23ClN2O4S2. The van der Waals surface area contributed by atoms with Crippen LogP contribution in [0, 0.1) is 0 Å². The summed E-state index contributed by atoms with van der Waals surface area (Å²) in [6, 6.07) is 11.6. The number of aromatic nitrogens is 1. The highest BCUT2D eigenvalue weighted by Gasteiger charge is 2.28. The second kappa shape index (κ2) is 8.83. The summed E-state index contributed by atoms with van der Waals surface area (Å²) in [5.41, 5.74) is 4.65. The number of methoxy groups -OCH3 is 2. The van der Waals surface area contributed by atoms with Crippen LogP contribution in [-0.4, -0.2) is 39.9 Å². The molecule has 160 valence electrons. The van der Waals surface area contributed by atoms with Crippen LogP contribution >= 0.6 is 23.7 Å². The van der Waals surface area contributed by atoms with Gasteiger partial charge in [0.15, 0.2) is 11.5 Å². The molecule has 2 aromatic carbocycles. The zero-order chi connectivity index (χ0) is 20.6. The first kappa shape index (κ1) is 22.4. The van der Waals surface area contributed by atoms with E-state index >= 15 is 0 Å². The maximum atomic E-state index is 12.3. The van der Waals surface area contributed by atoms with Crippen LogP contribution in [-0.2, 0) is 16.4 Å². The molecule has 30 heavy (non-hydrogen) atoms. The molecule has 4 rings (SSSR count). The number of thiazole rings is 1. The lowest BCUT2D eigenvalue weighted by Crippen LogP contribution is -2.30. The highest BCUT2D eigenvalue weighted by molar-refractivity contribution is 7.92. The molecule has 0 aliphatic carbocycles. The molecular weight excluding hydrogens is 444 g/mol. The number of ether oxygens (including phenoxy) is 2. The number of benzene rings is 2. The van der Waals surface area contributed by atoms with Crippen molar-refractivity contribution in [2.75, 3.05) is 30.8 Å². The van der Waals surface area contributed by atoms with E-state index in [1.165, 1.54) is 4.31 Å². The van der Waals surface area contributed by atoms with Gasteiger partial charge in [0.25, 0.3) is 0 Å². The van der Waals surface area contributed by atoms with Crippen molar-refractivity contribution >= 4 is 39.5 Å². The molecule has 1 aromatic heterocycles. The Balaban J connectivity index is 0.00000256. The number of nitrogens with zero attached hydrogens (tertiary/aromatic N) is 2. The normalized spacial score (nSPS) is 13.0. The lowest BCUT2D eigenvalue weighted by atomic mass is 10.1. The molecule has 0 atom stereocenters. The standard InChI is InChI=1S/C21H22N2O4S2.ClH/c1-4-29(24,25)23-10-9-15-11-14(5-7-18(15)23)17-13-28-21(22-17)16-6-8-19(26-2)20(12-16)27-3;/h5-8,11-13H,4,9-10H2,1-3H3;1H. The Labute approximate surface area is 186 Å². The molecule has 0 fully saturated rings. The maximum absolute atomic E-state index is 12.3. The van der Waals surface area contributed by atoms with Crippen LogP contribution in [0.4, 0.5) is 5.69 Å². The number of sulfonamides is 1. The van der Waals surface area contributed by atoms with Crippen molar-refractivity contribution in [3.8, 4) is 33.3 Å². The summed E-state index contributed by atoms with van der Waals surface area (Å²) >= 11 is 1.56. The third-order valence-electron chi connectivity index (χ3n) is 5.06. The van der Waals surface area contributed by atoms with Crippen molar-refractivity contribution in [1.82, 2.24) is 4.98 Å². The highest BCUT2D eigenvalue weighted by atomic mass is 35.5.